The molecule has 1 unspecified atom stereocenters. The maximum Gasteiger partial charge on any atom is 0.306 e. The van der Waals surface area contributed by atoms with Gasteiger partial charge in [0, 0.05) is 19.3 Å². The van der Waals surface area contributed by atoms with Crippen molar-refractivity contribution in [2.45, 2.75) is 252 Å². The van der Waals surface area contributed by atoms with Gasteiger partial charge in [0.1, 0.15) is 13.2 Å². The van der Waals surface area contributed by atoms with E-state index in [9.17, 15) is 14.4 Å². The molecule has 0 amide bonds. The molecule has 0 rings (SSSR count). The van der Waals surface area contributed by atoms with Crippen LogP contribution in [0.5, 0.6) is 0 Å². The number of ether oxygens (including phenoxy) is 3. The van der Waals surface area contributed by atoms with E-state index < -0.39 is 6.10 Å². The highest BCUT2D eigenvalue weighted by Crippen LogP contribution is 2.15. The Bertz CT molecular complexity index is 1180. The minimum Gasteiger partial charge on any atom is -0.462 e. The lowest BCUT2D eigenvalue weighted by Gasteiger charge is -2.18. The Kier molecular flexibility index (Phi) is 47.9. The Labute approximate surface area is 382 Å². The number of esters is 3. The summed E-state index contributed by atoms with van der Waals surface area (Å²) in [5, 5.41) is 0. The normalized spacial score (nSPS) is 12.6. The van der Waals surface area contributed by atoms with E-state index in [2.05, 4.69) is 39.0 Å². The van der Waals surface area contributed by atoms with Gasteiger partial charge in [0.25, 0.3) is 0 Å². The van der Waals surface area contributed by atoms with Crippen LogP contribution < -0.4 is 0 Å². The monoisotopic (exact) mass is 865 g/mol. The third kappa shape index (κ3) is 47.9. The molecule has 0 heterocycles. The van der Waals surface area contributed by atoms with Crippen molar-refractivity contribution in [2.75, 3.05) is 13.2 Å². The lowest BCUT2D eigenvalue weighted by molar-refractivity contribution is -0.167. The summed E-state index contributed by atoms with van der Waals surface area (Å²) in [6, 6.07) is 0. The fourth-order valence-electron chi connectivity index (χ4n) is 7.17. The fraction of sp³-hybridized carbons (Fsp3) is 0.732. The molecule has 0 aliphatic heterocycles. The van der Waals surface area contributed by atoms with Crippen LogP contribution in [0.4, 0.5) is 0 Å². The fourth-order valence-corrected chi connectivity index (χ4v) is 7.17. The zero-order valence-electron chi connectivity index (χ0n) is 40.6. The number of rotatable bonds is 46. The summed E-state index contributed by atoms with van der Waals surface area (Å²) in [4.78, 5) is 37.9. The molecule has 0 aromatic carbocycles. The molecule has 0 saturated carbocycles. The Morgan fingerprint density at radius 2 is 0.661 bits per heavy atom. The first-order valence-electron chi connectivity index (χ1n) is 26.0. The third-order valence-electron chi connectivity index (χ3n) is 11.1. The van der Waals surface area contributed by atoms with Crippen LogP contribution in [-0.4, -0.2) is 37.2 Å². The minimum atomic E-state index is -0.811. The van der Waals surface area contributed by atoms with Crippen molar-refractivity contribution in [3.63, 3.8) is 0 Å². The zero-order chi connectivity index (χ0) is 45.1. The quantitative estimate of drug-likeness (QED) is 0.0199. The van der Waals surface area contributed by atoms with E-state index in [1.165, 1.54) is 148 Å². The molecule has 0 bridgehead atoms. The van der Waals surface area contributed by atoms with Crippen LogP contribution in [0.2, 0.25) is 0 Å². The average molecular weight is 865 g/mol. The molecule has 0 aromatic rings. The van der Waals surface area contributed by atoms with Gasteiger partial charge < -0.3 is 14.2 Å². The molecule has 0 N–H and O–H groups in total. The van der Waals surface area contributed by atoms with Crippen LogP contribution >= 0.6 is 0 Å². The molecule has 0 fully saturated rings. The predicted molar refractivity (Wildman–Crippen MR) is 265 cm³/mol. The van der Waals surface area contributed by atoms with Crippen molar-refractivity contribution in [3.05, 3.63) is 72.9 Å². The molecule has 0 aliphatic rings. The van der Waals surface area contributed by atoms with Crippen molar-refractivity contribution >= 4 is 17.9 Å². The average Bonchev–Trinajstić information content (AvgIpc) is 3.27. The first kappa shape index (κ1) is 58.9. The van der Waals surface area contributed by atoms with Crippen LogP contribution in [0.1, 0.15) is 245 Å². The standard InChI is InChI=1S/C56H96O6/c1-4-7-10-13-16-19-22-25-26-27-28-29-30-32-34-37-40-43-46-49-55(58)61-52-53(51-60-54(57)48-45-42-39-36-33-24-21-18-15-12-9-6-3)62-56(59)50-47-44-41-38-35-31-23-20-17-14-11-8-5-2/h8,11,14,17,20,23,27-28,31,35,38,41,53H,4-7,9-10,12-13,15-16,18-19,21-22,24-26,29-30,32-34,36-37,39-40,42-52H2,1-3H3/b11-8-,17-14-,23-20-,28-27-,35-31-,41-38-. The lowest BCUT2D eigenvalue weighted by atomic mass is 10.0. The van der Waals surface area contributed by atoms with Gasteiger partial charge in [-0.15, -0.1) is 0 Å². The van der Waals surface area contributed by atoms with E-state index in [0.29, 0.717) is 19.3 Å². The van der Waals surface area contributed by atoms with E-state index in [0.717, 1.165) is 51.4 Å². The maximum atomic E-state index is 12.7. The molecule has 1 atom stereocenters. The summed E-state index contributed by atoms with van der Waals surface area (Å²) >= 11 is 0. The van der Waals surface area contributed by atoms with E-state index in [4.69, 9.17) is 14.2 Å². The second-order valence-corrected chi connectivity index (χ2v) is 17.2. The Hall–Kier alpha value is -3.15. The van der Waals surface area contributed by atoms with Gasteiger partial charge in [-0.05, 0) is 57.8 Å². The van der Waals surface area contributed by atoms with Crippen molar-refractivity contribution in [2.24, 2.45) is 0 Å². The van der Waals surface area contributed by atoms with E-state index >= 15 is 0 Å². The Morgan fingerprint density at radius 1 is 0.339 bits per heavy atom. The number of hydrogen-bond donors (Lipinski definition) is 0. The molecule has 0 radical (unpaired) electrons. The molecule has 356 valence electrons. The highest BCUT2D eigenvalue weighted by atomic mass is 16.6. The summed E-state index contributed by atoms with van der Waals surface area (Å²) in [6.07, 6.45) is 63.3. The SMILES string of the molecule is CC\C=C/C=C\C=C/C=C\C=C/CCCC(=O)OC(COC(=O)CCCCCCCCC/C=C\CCCCCCCCCC)COC(=O)CCCCCCCCCCCCCC. The summed E-state index contributed by atoms with van der Waals surface area (Å²) in [5.74, 6) is -0.980. The summed E-state index contributed by atoms with van der Waals surface area (Å²) in [7, 11) is 0. The number of allylic oxidation sites excluding steroid dienone is 12. The van der Waals surface area contributed by atoms with Gasteiger partial charge in [0.05, 0.1) is 0 Å². The van der Waals surface area contributed by atoms with Crippen LogP contribution in [0.15, 0.2) is 72.9 Å². The van der Waals surface area contributed by atoms with Gasteiger partial charge in [-0.3, -0.25) is 14.4 Å². The molecule has 0 aliphatic carbocycles. The lowest BCUT2D eigenvalue weighted by Crippen LogP contribution is -2.30. The highest BCUT2D eigenvalue weighted by molar-refractivity contribution is 5.71. The minimum absolute atomic E-state index is 0.104. The Morgan fingerprint density at radius 3 is 1.06 bits per heavy atom. The summed E-state index contributed by atoms with van der Waals surface area (Å²) in [6.45, 7) is 6.43. The zero-order valence-corrected chi connectivity index (χ0v) is 40.6. The van der Waals surface area contributed by atoms with Gasteiger partial charge in [-0.25, -0.2) is 0 Å². The van der Waals surface area contributed by atoms with Gasteiger partial charge in [0.15, 0.2) is 6.10 Å². The topological polar surface area (TPSA) is 78.9 Å². The number of unbranched alkanes of at least 4 members (excludes halogenated alkanes) is 27. The molecule has 0 spiro atoms. The first-order valence-corrected chi connectivity index (χ1v) is 26.0. The smallest absolute Gasteiger partial charge is 0.306 e. The van der Waals surface area contributed by atoms with Crippen LogP contribution in [0.3, 0.4) is 0 Å². The largest absolute Gasteiger partial charge is 0.462 e. The molecular formula is C56H96O6. The third-order valence-corrected chi connectivity index (χ3v) is 11.1. The number of hydrogen-bond acceptors (Lipinski definition) is 6. The van der Waals surface area contributed by atoms with Crippen molar-refractivity contribution in [3.8, 4) is 0 Å². The van der Waals surface area contributed by atoms with Gasteiger partial charge in [-0.1, -0.05) is 241 Å². The summed E-state index contributed by atoms with van der Waals surface area (Å²) < 4.78 is 16.7. The van der Waals surface area contributed by atoms with Crippen LogP contribution in [0.25, 0.3) is 0 Å². The molecule has 6 nitrogen and oxygen atoms in total. The second-order valence-electron chi connectivity index (χ2n) is 17.2. The maximum absolute atomic E-state index is 12.7. The summed E-state index contributed by atoms with van der Waals surface area (Å²) in [5.41, 5.74) is 0. The number of carbonyl (C=O) groups excluding carboxylic acids is 3. The van der Waals surface area contributed by atoms with E-state index in [1.807, 2.05) is 54.7 Å². The first-order chi connectivity index (χ1) is 30.5. The van der Waals surface area contributed by atoms with Gasteiger partial charge in [-0.2, -0.15) is 0 Å². The van der Waals surface area contributed by atoms with Crippen molar-refractivity contribution in [1.82, 2.24) is 0 Å². The molecule has 0 aromatic heterocycles. The molecule has 6 heteroatoms. The van der Waals surface area contributed by atoms with Crippen LogP contribution in [0, 0.1) is 0 Å². The van der Waals surface area contributed by atoms with Crippen molar-refractivity contribution in [1.29, 1.82) is 0 Å². The van der Waals surface area contributed by atoms with E-state index in [-0.39, 0.29) is 37.5 Å². The highest BCUT2D eigenvalue weighted by Gasteiger charge is 2.19. The second kappa shape index (κ2) is 50.5. The number of carbonyl (C=O) groups is 3. The van der Waals surface area contributed by atoms with Gasteiger partial charge >= 0.3 is 17.9 Å². The van der Waals surface area contributed by atoms with E-state index in [1.54, 1.807) is 0 Å². The Balaban J connectivity index is 4.41. The molecule has 62 heavy (non-hydrogen) atoms. The van der Waals surface area contributed by atoms with Crippen molar-refractivity contribution < 1.29 is 28.6 Å². The molecular weight excluding hydrogens is 769 g/mol. The molecule has 0 saturated heterocycles. The van der Waals surface area contributed by atoms with Crippen LogP contribution in [-0.2, 0) is 28.6 Å². The predicted octanol–water partition coefficient (Wildman–Crippen LogP) is 17.0. The van der Waals surface area contributed by atoms with Gasteiger partial charge in [0.2, 0.25) is 0 Å².